The monoisotopic (exact) mass is 550 g/mol. The highest BCUT2D eigenvalue weighted by atomic mass is 28.2. The number of hydrogen-bond acceptors (Lipinski definition) is 6. The molecule has 0 atom stereocenters. The Morgan fingerprint density at radius 3 is 1.00 bits per heavy atom. The lowest BCUT2D eigenvalue weighted by atomic mass is 10.2. The smallest absolute Gasteiger partial charge is 0.160 e. The predicted octanol–water partition coefficient (Wildman–Crippen LogP) is 3.00. The molecule has 0 spiro atoms. The summed E-state index contributed by atoms with van der Waals surface area (Å²) in [5.74, 6) is 5.31. The van der Waals surface area contributed by atoms with E-state index in [-0.39, 0.29) is 0 Å². The second-order valence-corrected chi connectivity index (χ2v) is 12.0. The van der Waals surface area contributed by atoms with E-state index in [0.717, 1.165) is 52.6 Å². The zero-order valence-corrected chi connectivity index (χ0v) is 25.3. The zero-order chi connectivity index (χ0) is 26.6. The van der Waals surface area contributed by atoms with Crippen molar-refractivity contribution in [2.45, 2.75) is 18.1 Å². The molecule has 3 aromatic rings. The van der Waals surface area contributed by atoms with Crippen molar-refractivity contribution in [3.8, 4) is 34.5 Å². The Bertz CT molecular complexity index is 999. The highest BCUT2D eigenvalue weighted by Crippen LogP contribution is 2.27. The van der Waals surface area contributed by atoms with Crippen LogP contribution >= 0.6 is 0 Å². The lowest BCUT2D eigenvalue weighted by Crippen LogP contribution is -2.26. The van der Waals surface area contributed by atoms with Gasteiger partial charge < -0.3 is 28.4 Å². The molecule has 0 aliphatic rings. The highest BCUT2D eigenvalue weighted by Gasteiger charge is 2.19. The van der Waals surface area contributed by atoms with Gasteiger partial charge in [-0.1, -0.05) is 54.5 Å². The van der Waals surface area contributed by atoms with Crippen LogP contribution in [0, 0.1) is 5.92 Å². The van der Waals surface area contributed by atoms with Crippen LogP contribution in [0.2, 0.25) is 18.1 Å². The first-order valence-corrected chi connectivity index (χ1v) is 15.6. The Balaban J connectivity index is 1.80. The second-order valence-electron chi connectivity index (χ2n) is 8.13. The third-order valence-electron chi connectivity index (χ3n) is 5.95. The molecule has 0 unspecified atom stereocenters. The molecule has 6 nitrogen and oxygen atoms in total. The van der Waals surface area contributed by atoms with Gasteiger partial charge in [0, 0.05) is 0 Å². The van der Waals surface area contributed by atoms with Gasteiger partial charge in [-0.15, -0.1) is 0 Å². The van der Waals surface area contributed by atoms with Crippen molar-refractivity contribution in [1.82, 2.24) is 0 Å². The third-order valence-corrected chi connectivity index (χ3v) is 10.6. The molecule has 0 saturated carbocycles. The summed E-state index contributed by atoms with van der Waals surface area (Å²) < 4.78 is 33.6. The van der Waals surface area contributed by atoms with Gasteiger partial charge in [0.15, 0.2) is 34.5 Å². The van der Waals surface area contributed by atoms with E-state index in [2.05, 4.69) is 18.2 Å². The normalized spacial score (nSPS) is 10.8. The van der Waals surface area contributed by atoms with Gasteiger partial charge in [-0.05, 0) is 39.7 Å². The molecule has 0 aliphatic carbocycles. The molecule has 3 aromatic carbocycles. The minimum Gasteiger partial charge on any atom is -0.493 e. The van der Waals surface area contributed by atoms with E-state index >= 15 is 0 Å². The first-order valence-electron chi connectivity index (χ1n) is 11.9. The van der Waals surface area contributed by atoms with Crippen LogP contribution < -0.4 is 44.0 Å². The third kappa shape index (κ3) is 7.33. The molecule has 0 aromatic heterocycles. The van der Waals surface area contributed by atoms with Crippen LogP contribution in [0.3, 0.4) is 0 Å². The molecule has 0 aliphatic heterocycles. The summed E-state index contributed by atoms with van der Waals surface area (Å²) in [6, 6.07) is 21.5. The molecule has 3 rings (SSSR count). The average molecular weight is 551 g/mol. The van der Waals surface area contributed by atoms with Gasteiger partial charge in [0.2, 0.25) is 0 Å². The van der Waals surface area contributed by atoms with E-state index in [4.69, 9.17) is 28.4 Å². The molecule has 6 radical (unpaired) electrons. The molecule has 9 heteroatoms. The molecular weight excluding hydrogens is 517 g/mol. The van der Waals surface area contributed by atoms with Crippen molar-refractivity contribution in [3.05, 3.63) is 54.6 Å². The summed E-state index contributed by atoms with van der Waals surface area (Å²) in [6.45, 7) is 0. The molecule has 0 fully saturated rings. The second kappa shape index (κ2) is 14.7. The Morgan fingerprint density at radius 1 is 0.459 bits per heavy atom. The Labute approximate surface area is 228 Å². The van der Waals surface area contributed by atoms with Crippen molar-refractivity contribution in [2.75, 3.05) is 42.7 Å². The van der Waals surface area contributed by atoms with E-state index in [0.29, 0.717) is 34.5 Å². The minimum atomic E-state index is 0.498. The van der Waals surface area contributed by atoms with Gasteiger partial charge in [-0.25, -0.2) is 0 Å². The fourth-order valence-corrected chi connectivity index (χ4v) is 9.12. The van der Waals surface area contributed by atoms with E-state index in [1.165, 1.54) is 15.6 Å². The van der Waals surface area contributed by atoms with Crippen LogP contribution in [0.25, 0.3) is 0 Å². The largest absolute Gasteiger partial charge is 0.493 e. The fraction of sp³-hybridized carbons (Fsp3) is 0.357. The van der Waals surface area contributed by atoms with E-state index < -0.39 is 0 Å². The van der Waals surface area contributed by atoms with Gasteiger partial charge in [-0.3, -0.25) is 0 Å². The van der Waals surface area contributed by atoms with Gasteiger partial charge in [0.1, 0.15) is 0 Å². The van der Waals surface area contributed by atoms with Gasteiger partial charge in [0.25, 0.3) is 0 Å². The standard InChI is InChI=1S/C28H34O6Si3/c1-29-20-10-7-13-23(26(20)32-4)35-16-19(17-36-24-14-8-11-21(30-2)27(24)33-5)18-37-25-15-9-12-22(31-3)28(25)34-6/h7-15,19H,16-18H2,1-6H3. The Hall–Kier alpha value is -2.89. The van der Waals surface area contributed by atoms with Crippen LogP contribution in [-0.2, 0) is 0 Å². The summed E-state index contributed by atoms with van der Waals surface area (Å²) in [7, 11) is 12.0. The summed E-state index contributed by atoms with van der Waals surface area (Å²) in [5, 5.41) is 3.57. The molecular formula is C28H34O6Si3. The molecule has 0 heterocycles. The number of para-hydroxylation sites is 3. The van der Waals surface area contributed by atoms with Crippen LogP contribution in [-0.4, -0.2) is 71.2 Å². The highest BCUT2D eigenvalue weighted by molar-refractivity contribution is 6.58. The van der Waals surface area contributed by atoms with Crippen molar-refractivity contribution in [3.63, 3.8) is 0 Å². The Kier molecular flexibility index (Phi) is 11.4. The van der Waals surface area contributed by atoms with Crippen LogP contribution in [0.5, 0.6) is 34.5 Å². The lowest BCUT2D eigenvalue weighted by Gasteiger charge is -2.19. The van der Waals surface area contributed by atoms with E-state index in [9.17, 15) is 0 Å². The summed E-state index contributed by atoms with van der Waals surface area (Å²) in [4.78, 5) is 0. The molecule has 194 valence electrons. The van der Waals surface area contributed by atoms with Gasteiger partial charge >= 0.3 is 0 Å². The van der Waals surface area contributed by atoms with Crippen LogP contribution in [0.4, 0.5) is 0 Å². The first kappa shape index (κ1) is 28.7. The molecule has 0 bridgehead atoms. The average Bonchev–Trinajstić information content (AvgIpc) is 2.95. The first-order chi connectivity index (χ1) is 18.1. The van der Waals surface area contributed by atoms with Crippen LogP contribution in [0.1, 0.15) is 0 Å². The van der Waals surface area contributed by atoms with Crippen molar-refractivity contribution in [1.29, 1.82) is 0 Å². The predicted molar refractivity (Wildman–Crippen MR) is 153 cm³/mol. The quantitative estimate of drug-likeness (QED) is 0.271. The van der Waals surface area contributed by atoms with Crippen LogP contribution in [0.15, 0.2) is 54.6 Å². The lowest BCUT2D eigenvalue weighted by molar-refractivity contribution is 0.357. The van der Waals surface area contributed by atoms with E-state index in [1.54, 1.807) is 42.7 Å². The summed E-state index contributed by atoms with van der Waals surface area (Å²) >= 11 is 0. The summed E-state index contributed by atoms with van der Waals surface area (Å²) in [5.41, 5.74) is 0. The van der Waals surface area contributed by atoms with Crippen molar-refractivity contribution >= 4 is 44.1 Å². The van der Waals surface area contributed by atoms with Gasteiger partial charge in [0.05, 0.1) is 71.2 Å². The Morgan fingerprint density at radius 2 is 0.757 bits per heavy atom. The topological polar surface area (TPSA) is 55.4 Å². The van der Waals surface area contributed by atoms with Crippen molar-refractivity contribution in [2.24, 2.45) is 5.92 Å². The molecule has 0 amide bonds. The zero-order valence-electron chi connectivity index (χ0n) is 22.3. The number of rotatable bonds is 15. The maximum absolute atomic E-state index is 5.69. The number of hydrogen-bond donors (Lipinski definition) is 0. The maximum Gasteiger partial charge on any atom is 0.160 e. The molecule has 0 saturated heterocycles. The van der Waals surface area contributed by atoms with E-state index in [1.807, 2.05) is 36.4 Å². The fourth-order valence-electron chi connectivity index (χ4n) is 4.06. The summed E-state index contributed by atoms with van der Waals surface area (Å²) in [6.07, 6.45) is 0. The minimum absolute atomic E-state index is 0.498. The molecule has 0 N–H and O–H groups in total. The SMILES string of the molecule is COc1cccc([Si]CC(C[Si]c2cccc(OC)c2OC)C[Si]c2cccc(OC)c2OC)c1OC. The molecule has 37 heavy (non-hydrogen) atoms. The van der Waals surface area contributed by atoms with Crippen molar-refractivity contribution < 1.29 is 28.4 Å². The van der Waals surface area contributed by atoms with Gasteiger partial charge in [-0.2, -0.15) is 0 Å². The number of methoxy groups -OCH3 is 6. The number of ether oxygens (including phenoxy) is 6. The number of benzene rings is 3. The maximum atomic E-state index is 5.69.